The van der Waals surface area contributed by atoms with Gasteiger partial charge in [0, 0.05) is 0 Å². The van der Waals surface area contributed by atoms with Crippen LogP contribution in [-0.2, 0) is 4.57 Å². The first kappa shape index (κ1) is 4.22. The van der Waals surface area contributed by atoms with Crippen LogP contribution in [0.1, 0.15) is 0 Å². The minimum atomic E-state index is -2.63. The summed E-state index contributed by atoms with van der Waals surface area (Å²) < 4.78 is 19.5. The van der Waals surface area contributed by atoms with Gasteiger partial charge in [-0.2, -0.15) is 0 Å². The van der Waals surface area contributed by atoms with E-state index < -0.39 is 7.99 Å². The first-order chi connectivity index (χ1) is 1.73. The summed E-state index contributed by atoms with van der Waals surface area (Å²) in [6, 6.07) is 0. The molecule has 0 radical (unpaired) electrons. The molecule has 0 amide bonds. The van der Waals surface area contributed by atoms with Gasteiger partial charge in [0.2, 0.25) is 7.57 Å². The molecule has 0 aliphatic heterocycles. The van der Waals surface area contributed by atoms with Gasteiger partial charge in [-0.05, 0) is 0 Å². The third-order valence-electron chi connectivity index (χ3n) is 0. The Hall–Kier alpha value is 0.225. The summed E-state index contributed by atoms with van der Waals surface area (Å²) in [6.45, 7) is 0. The lowest BCUT2D eigenvalue weighted by atomic mass is 10.8. The molecule has 0 bridgehead atoms. The molecule has 1 unspecified atom stereocenters. The summed E-state index contributed by atoms with van der Waals surface area (Å²) in [5, 5.41) is 0. The van der Waals surface area contributed by atoms with Crippen molar-refractivity contribution in [2.75, 3.05) is 0 Å². The Bertz CT molecular complexity index is 31.0. The zero-order valence-electron chi connectivity index (χ0n) is 2.29. The molecule has 0 aromatic carbocycles. The maximum absolute atomic E-state index is 10.5. The third kappa shape index (κ3) is 66.0. The van der Waals surface area contributed by atoms with E-state index in [1.54, 1.807) is 0 Å². The third-order valence-corrected chi connectivity index (χ3v) is 0. The molecule has 1 nitrogen and oxygen atoms in total. The molecule has 4 heavy (non-hydrogen) atoms. The zero-order chi connectivity index (χ0) is 3.58. The Morgan fingerprint density at radius 1 is 2.00 bits per heavy atom. The van der Waals surface area contributed by atoms with Crippen molar-refractivity contribution in [2.24, 2.45) is 0 Å². The van der Waals surface area contributed by atoms with Gasteiger partial charge in [0.15, 0.2) is 7.99 Å². The van der Waals surface area contributed by atoms with Crippen LogP contribution >= 0.6 is 7.99 Å². The number of rotatable bonds is 0. The second-order valence-electron chi connectivity index (χ2n) is 0.470. The van der Waals surface area contributed by atoms with E-state index in [9.17, 15) is 4.20 Å². The topological polar surface area (TPSA) is 17.1 Å². The summed E-state index contributed by atoms with van der Waals surface area (Å²) >= 11 is 0. The molecule has 0 saturated carbocycles. The normalized spacial score (nSPS) is 15.2. The second-order valence-corrected chi connectivity index (χ2v) is 1.41. The van der Waals surface area contributed by atoms with Crippen LogP contribution in [0, 0.1) is 0 Å². The average molecular weight is 79.8 g/mol. The highest BCUT2D eigenvalue weighted by atomic mass is 31.1. The molecule has 0 N–H and O–H groups in total. The molecule has 1 atom stereocenters. The van der Waals surface area contributed by atoms with Gasteiger partial charge in [0.1, 0.15) is 0 Å². The Morgan fingerprint density at radius 3 is 2.00 bits per heavy atom. The fourth-order valence-corrected chi connectivity index (χ4v) is 0. The molecular formula is H3BFOP. The largest absolute Gasteiger partial charge is 0.303 e. The highest BCUT2D eigenvalue weighted by Crippen LogP contribution is 2.09. The molecular weight excluding hydrogens is 76.8 g/mol. The summed E-state index contributed by atoms with van der Waals surface area (Å²) in [5.41, 5.74) is 0. The van der Waals surface area contributed by atoms with Gasteiger partial charge >= 0.3 is 0 Å². The minimum absolute atomic E-state index is 1.05. The quantitative estimate of drug-likeness (QED) is 0.295. The molecule has 0 spiro atoms. The first-order valence-corrected chi connectivity index (χ1v) is 2.68. The zero-order valence-corrected chi connectivity index (χ0v) is 3.29. The van der Waals surface area contributed by atoms with E-state index in [4.69, 9.17) is 4.57 Å². The van der Waals surface area contributed by atoms with Crippen LogP contribution in [0.2, 0.25) is 0 Å². The molecule has 0 aromatic heterocycles. The van der Waals surface area contributed by atoms with Crippen molar-refractivity contribution >= 4 is 15.6 Å². The van der Waals surface area contributed by atoms with Gasteiger partial charge in [-0.15, -0.1) is 0 Å². The Labute approximate surface area is 25.5 Å². The highest BCUT2D eigenvalue weighted by molar-refractivity contribution is 7.67. The van der Waals surface area contributed by atoms with Crippen molar-refractivity contribution in [3.05, 3.63) is 0 Å². The average Bonchev–Trinajstić information content (AvgIpc) is 0.811. The first-order valence-electron chi connectivity index (χ1n) is 0.893. The van der Waals surface area contributed by atoms with Crippen LogP contribution in [-0.4, -0.2) is 7.57 Å². The smallest absolute Gasteiger partial charge is 0.219 e. The highest BCUT2D eigenvalue weighted by Gasteiger charge is 1.67. The standard InChI is InChI=1S/BFH3OP/c1-4(2)3/h4H,1H2. The molecule has 24 valence electrons. The fourth-order valence-electron chi connectivity index (χ4n) is 0. The van der Waals surface area contributed by atoms with E-state index in [-0.39, 0.29) is 0 Å². The number of halogens is 1. The van der Waals surface area contributed by atoms with Crippen LogP contribution < -0.4 is 0 Å². The molecule has 0 aromatic rings. The summed E-state index contributed by atoms with van der Waals surface area (Å²) in [5.74, 6) is 0. The maximum atomic E-state index is 10.5. The van der Waals surface area contributed by atoms with E-state index in [1.807, 2.05) is 0 Å². The molecule has 4 heteroatoms. The molecule has 0 fully saturated rings. The van der Waals surface area contributed by atoms with E-state index in [1.165, 1.54) is 0 Å². The lowest BCUT2D eigenvalue weighted by Crippen LogP contribution is -1.28. The van der Waals surface area contributed by atoms with Gasteiger partial charge in [0.25, 0.3) is 0 Å². The molecule has 0 heterocycles. The summed E-state index contributed by atoms with van der Waals surface area (Å²) in [4.78, 5) is 0. The Kier molecular flexibility index (Phi) is 1.62. The van der Waals surface area contributed by atoms with E-state index >= 15 is 0 Å². The SMILES string of the molecule is B[PH](=O)F. The number of hydrogen-bond acceptors (Lipinski definition) is 1. The van der Waals surface area contributed by atoms with Crippen LogP contribution in [0.5, 0.6) is 0 Å². The van der Waals surface area contributed by atoms with Crippen molar-refractivity contribution in [1.82, 2.24) is 0 Å². The van der Waals surface area contributed by atoms with Gasteiger partial charge < -0.3 is 4.57 Å². The van der Waals surface area contributed by atoms with E-state index in [0.717, 1.165) is 7.57 Å². The second kappa shape index (κ2) is 1.54. The molecule has 0 rings (SSSR count). The lowest BCUT2D eigenvalue weighted by molar-refractivity contribution is 0.571. The Morgan fingerprint density at radius 2 is 2.00 bits per heavy atom. The van der Waals surface area contributed by atoms with Crippen LogP contribution in [0.25, 0.3) is 0 Å². The van der Waals surface area contributed by atoms with Crippen molar-refractivity contribution in [3.8, 4) is 0 Å². The predicted molar refractivity (Wildman–Crippen MR) is 18.7 cm³/mol. The van der Waals surface area contributed by atoms with Crippen molar-refractivity contribution in [3.63, 3.8) is 0 Å². The van der Waals surface area contributed by atoms with Gasteiger partial charge in [-0.3, -0.25) is 0 Å². The van der Waals surface area contributed by atoms with Gasteiger partial charge in [-0.1, -0.05) is 0 Å². The number of hydrogen-bond donors (Lipinski definition) is 0. The molecule has 0 aliphatic carbocycles. The molecule has 0 aliphatic rings. The molecule has 0 saturated heterocycles. The van der Waals surface area contributed by atoms with Crippen LogP contribution in [0.3, 0.4) is 0 Å². The van der Waals surface area contributed by atoms with Gasteiger partial charge in [-0.25, -0.2) is 4.20 Å². The minimum Gasteiger partial charge on any atom is -0.303 e. The Balaban J connectivity index is 2.80. The fraction of sp³-hybridized carbons (Fsp3) is 0. The van der Waals surface area contributed by atoms with E-state index in [0.29, 0.717) is 0 Å². The lowest BCUT2D eigenvalue weighted by Gasteiger charge is -1.54. The van der Waals surface area contributed by atoms with Crippen molar-refractivity contribution in [2.45, 2.75) is 0 Å². The maximum Gasteiger partial charge on any atom is 0.219 e. The van der Waals surface area contributed by atoms with Crippen LogP contribution in [0.15, 0.2) is 0 Å². The summed E-state index contributed by atoms with van der Waals surface area (Å²) in [7, 11) is -1.58. The predicted octanol–water partition coefficient (Wildman–Crippen LogP) is -0.0213. The van der Waals surface area contributed by atoms with E-state index in [2.05, 4.69) is 0 Å². The monoisotopic (exact) mass is 80.0 g/mol. The van der Waals surface area contributed by atoms with Crippen LogP contribution in [0.4, 0.5) is 4.20 Å². The van der Waals surface area contributed by atoms with Crippen molar-refractivity contribution in [1.29, 1.82) is 0 Å². The van der Waals surface area contributed by atoms with Gasteiger partial charge in [0.05, 0.1) is 0 Å². The summed E-state index contributed by atoms with van der Waals surface area (Å²) in [6.07, 6.45) is 0. The van der Waals surface area contributed by atoms with Crippen molar-refractivity contribution < 1.29 is 8.76 Å².